The van der Waals surface area contributed by atoms with E-state index in [1.165, 1.54) is 0 Å². The zero-order valence-electron chi connectivity index (χ0n) is 10.6. The standard InChI is InChI=1S/C12H22O6/c1-2-3-4-5-16-11-10(15)12(7-17-12)9(14)8(6-13)18-11/h8-11,13-15H,2-7H2,1H3/t8-,9-,10-,11-,12+/m1/s1. The third-order valence-electron chi connectivity index (χ3n) is 3.61. The van der Waals surface area contributed by atoms with E-state index in [9.17, 15) is 10.2 Å². The maximum absolute atomic E-state index is 10.1. The van der Waals surface area contributed by atoms with E-state index >= 15 is 0 Å². The molecule has 0 saturated carbocycles. The van der Waals surface area contributed by atoms with Gasteiger partial charge in [0.25, 0.3) is 0 Å². The SMILES string of the molecule is CCCCCO[C@@H]1O[C@H](CO)[C@@H](O)[C@@]2(CO2)[C@@H]1O. The van der Waals surface area contributed by atoms with Gasteiger partial charge in [-0.05, 0) is 6.42 Å². The van der Waals surface area contributed by atoms with Gasteiger partial charge < -0.3 is 29.5 Å². The van der Waals surface area contributed by atoms with Gasteiger partial charge in [0.2, 0.25) is 0 Å². The lowest BCUT2D eigenvalue weighted by Gasteiger charge is -2.40. The van der Waals surface area contributed by atoms with Crippen LogP contribution < -0.4 is 0 Å². The molecule has 6 nitrogen and oxygen atoms in total. The summed E-state index contributed by atoms with van der Waals surface area (Å²) in [7, 11) is 0. The van der Waals surface area contributed by atoms with Crippen LogP contribution in [-0.4, -0.2) is 65.3 Å². The molecule has 2 saturated heterocycles. The predicted octanol–water partition coefficient (Wildman–Crippen LogP) is -0.599. The molecule has 0 bridgehead atoms. The molecular formula is C12H22O6. The molecule has 0 aromatic carbocycles. The van der Waals surface area contributed by atoms with Crippen LogP contribution in [0.2, 0.25) is 0 Å². The summed E-state index contributed by atoms with van der Waals surface area (Å²) in [6.07, 6.45) is -0.621. The molecule has 18 heavy (non-hydrogen) atoms. The highest BCUT2D eigenvalue weighted by Crippen LogP contribution is 2.42. The van der Waals surface area contributed by atoms with Crippen LogP contribution in [0.25, 0.3) is 0 Å². The van der Waals surface area contributed by atoms with Crippen molar-refractivity contribution in [3.8, 4) is 0 Å². The molecule has 2 aliphatic rings. The zero-order valence-corrected chi connectivity index (χ0v) is 10.6. The van der Waals surface area contributed by atoms with Crippen molar-refractivity contribution in [2.24, 2.45) is 0 Å². The third kappa shape index (κ3) is 2.54. The minimum Gasteiger partial charge on any atom is -0.394 e. The molecule has 3 N–H and O–H groups in total. The molecule has 0 aromatic heterocycles. The lowest BCUT2D eigenvalue weighted by atomic mass is 9.89. The van der Waals surface area contributed by atoms with E-state index in [2.05, 4.69) is 6.92 Å². The number of hydrogen-bond acceptors (Lipinski definition) is 6. The molecule has 2 aliphatic heterocycles. The van der Waals surface area contributed by atoms with E-state index in [0.29, 0.717) is 6.61 Å². The molecule has 2 fully saturated rings. The highest BCUT2D eigenvalue weighted by molar-refractivity contribution is 5.10. The average molecular weight is 262 g/mol. The number of ether oxygens (including phenoxy) is 3. The van der Waals surface area contributed by atoms with E-state index in [4.69, 9.17) is 19.3 Å². The number of epoxide rings is 1. The second-order valence-electron chi connectivity index (χ2n) is 4.94. The van der Waals surface area contributed by atoms with E-state index in [-0.39, 0.29) is 13.2 Å². The van der Waals surface area contributed by atoms with Gasteiger partial charge in [0.15, 0.2) is 11.9 Å². The van der Waals surface area contributed by atoms with Gasteiger partial charge in [-0.3, -0.25) is 0 Å². The van der Waals surface area contributed by atoms with Crippen LogP contribution in [-0.2, 0) is 14.2 Å². The first-order valence-corrected chi connectivity index (χ1v) is 6.53. The van der Waals surface area contributed by atoms with Crippen molar-refractivity contribution in [1.82, 2.24) is 0 Å². The van der Waals surface area contributed by atoms with Gasteiger partial charge in [0, 0.05) is 6.61 Å². The molecule has 0 radical (unpaired) electrons. The average Bonchev–Trinajstić information content (AvgIpc) is 3.16. The van der Waals surface area contributed by atoms with Crippen molar-refractivity contribution < 1.29 is 29.5 Å². The van der Waals surface area contributed by atoms with Crippen LogP contribution in [0.1, 0.15) is 26.2 Å². The molecule has 0 aliphatic carbocycles. The molecule has 0 unspecified atom stereocenters. The molecule has 2 rings (SSSR count). The zero-order chi connectivity index (χ0) is 13.2. The summed E-state index contributed by atoms with van der Waals surface area (Å²) in [4.78, 5) is 0. The van der Waals surface area contributed by atoms with Gasteiger partial charge in [-0.2, -0.15) is 0 Å². The second kappa shape index (κ2) is 5.81. The Bertz CT molecular complexity index is 267. The first-order valence-electron chi connectivity index (χ1n) is 6.53. The number of aliphatic hydroxyl groups is 3. The van der Waals surface area contributed by atoms with Crippen molar-refractivity contribution in [3.05, 3.63) is 0 Å². The summed E-state index contributed by atoms with van der Waals surface area (Å²) < 4.78 is 16.0. The minimum atomic E-state index is -1.02. The smallest absolute Gasteiger partial charge is 0.187 e. The summed E-state index contributed by atoms with van der Waals surface area (Å²) in [6, 6.07) is 0. The Hall–Kier alpha value is -0.240. The fourth-order valence-corrected chi connectivity index (χ4v) is 2.29. The number of unbranched alkanes of at least 4 members (excludes halogenated alkanes) is 2. The van der Waals surface area contributed by atoms with Crippen LogP contribution in [0.3, 0.4) is 0 Å². The molecule has 0 amide bonds. The van der Waals surface area contributed by atoms with Gasteiger partial charge in [-0.25, -0.2) is 0 Å². The van der Waals surface area contributed by atoms with Crippen LogP contribution in [0, 0.1) is 0 Å². The van der Waals surface area contributed by atoms with E-state index in [1.807, 2.05) is 0 Å². The van der Waals surface area contributed by atoms with Crippen molar-refractivity contribution in [2.45, 2.75) is 56.4 Å². The van der Waals surface area contributed by atoms with Crippen LogP contribution in [0.4, 0.5) is 0 Å². The lowest BCUT2D eigenvalue weighted by molar-refractivity contribution is -0.293. The lowest BCUT2D eigenvalue weighted by Crippen LogP contribution is -2.61. The highest BCUT2D eigenvalue weighted by Gasteiger charge is 2.65. The third-order valence-corrected chi connectivity index (χ3v) is 3.61. The summed E-state index contributed by atoms with van der Waals surface area (Å²) in [6.45, 7) is 2.52. The summed E-state index contributed by atoms with van der Waals surface area (Å²) >= 11 is 0. The van der Waals surface area contributed by atoms with Crippen LogP contribution in [0.5, 0.6) is 0 Å². The summed E-state index contributed by atoms with van der Waals surface area (Å²) in [5.41, 5.74) is -1.01. The first kappa shape index (κ1) is 14.2. The van der Waals surface area contributed by atoms with Crippen LogP contribution in [0.15, 0.2) is 0 Å². The van der Waals surface area contributed by atoms with Crippen LogP contribution >= 0.6 is 0 Å². The van der Waals surface area contributed by atoms with E-state index in [0.717, 1.165) is 19.3 Å². The van der Waals surface area contributed by atoms with Gasteiger partial charge in [-0.15, -0.1) is 0 Å². The maximum atomic E-state index is 10.1. The monoisotopic (exact) mass is 262 g/mol. The van der Waals surface area contributed by atoms with E-state index in [1.54, 1.807) is 0 Å². The Morgan fingerprint density at radius 1 is 1.28 bits per heavy atom. The fourth-order valence-electron chi connectivity index (χ4n) is 2.29. The van der Waals surface area contributed by atoms with Crippen molar-refractivity contribution in [2.75, 3.05) is 19.8 Å². The minimum absolute atomic E-state index is 0.268. The first-order chi connectivity index (χ1) is 8.65. The largest absolute Gasteiger partial charge is 0.394 e. The van der Waals surface area contributed by atoms with E-state index < -0.39 is 30.2 Å². The number of rotatable bonds is 6. The molecule has 106 valence electrons. The summed E-state index contributed by atoms with van der Waals surface area (Å²) in [5.74, 6) is 0. The second-order valence-corrected chi connectivity index (χ2v) is 4.94. The maximum Gasteiger partial charge on any atom is 0.187 e. The number of hydrogen-bond donors (Lipinski definition) is 3. The predicted molar refractivity (Wildman–Crippen MR) is 61.9 cm³/mol. The van der Waals surface area contributed by atoms with Gasteiger partial charge in [-0.1, -0.05) is 19.8 Å². The number of aliphatic hydroxyl groups excluding tert-OH is 3. The van der Waals surface area contributed by atoms with Crippen molar-refractivity contribution in [1.29, 1.82) is 0 Å². The normalized spacial score (nSPS) is 43.3. The quantitative estimate of drug-likeness (QED) is 0.437. The topological polar surface area (TPSA) is 91.7 Å². The molecule has 0 aromatic rings. The Morgan fingerprint density at radius 2 is 2.00 bits per heavy atom. The van der Waals surface area contributed by atoms with Gasteiger partial charge >= 0.3 is 0 Å². The molecule has 6 heteroatoms. The Balaban J connectivity index is 1.90. The van der Waals surface area contributed by atoms with Crippen molar-refractivity contribution in [3.63, 3.8) is 0 Å². The Kier molecular flexibility index (Phi) is 4.58. The Morgan fingerprint density at radius 3 is 2.56 bits per heavy atom. The van der Waals surface area contributed by atoms with Crippen molar-refractivity contribution >= 4 is 0 Å². The van der Waals surface area contributed by atoms with Gasteiger partial charge in [0.1, 0.15) is 18.3 Å². The molecular weight excluding hydrogens is 240 g/mol. The molecule has 1 spiro atoms. The molecule has 5 atom stereocenters. The fraction of sp³-hybridized carbons (Fsp3) is 1.00. The molecule has 2 heterocycles. The highest BCUT2D eigenvalue weighted by atomic mass is 16.7. The Labute approximate surface area is 106 Å². The van der Waals surface area contributed by atoms with Gasteiger partial charge in [0.05, 0.1) is 13.2 Å². The summed E-state index contributed by atoms with van der Waals surface area (Å²) in [5, 5.41) is 29.2.